The number of anilines is 1. The number of pyridine rings is 1. The number of nitrogens with one attached hydrogen (secondary N) is 1. The lowest BCUT2D eigenvalue weighted by atomic mass is 10.2. The monoisotopic (exact) mass is 382 g/mol. The second-order valence-electron chi connectivity index (χ2n) is 4.26. The van der Waals surface area contributed by atoms with Crippen molar-refractivity contribution in [2.45, 2.75) is 13.0 Å². The standard InChI is InChI=1S/C13H15IN6/c14-11-7-18-13(19-8-11)20(5-3-12(15)16)9-10-2-1-4-17-6-10/h1-2,4,6-8H,3,5,9H2,(H3,15,16). The first-order valence-electron chi connectivity index (χ1n) is 6.09. The zero-order chi connectivity index (χ0) is 14.4. The summed E-state index contributed by atoms with van der Waals surface area (Å²) in [6.07, 6.45) is 7.58. The number of rotatable bonds is 6. The summed E-state index contributed by atoms with van der Waals surface area (Å²) >= 11 is 2.17. The molecular weight excluding hydrogens is 367 g/mol. The Morgan fingerprint density at radius 1 is 1.30 bits per heavy atom. The molecule has 0 saturated carbocycles. The van der Waals surface area contributed by atoms with E-state index in [-0.39, 0.29) is 5.84 Å². The van der Waals surface area contributed by atoms with Crippen LogP contribution in [0.5, 0.6) is 0 Å². The normalized spacial score (nSPS) is 10.2. The first-order chi connectivity index (χ1) is 9.65. The van der Waals surface area contributed by atoms with Gasteiger partial charge in [-0.15, -0.1) is 0 Å². The van der Waals surface area contributed by atoms with Gasteiger partial charge in [-0.1, -0.05) is 6.07 Å². The van der Waals surface area contributed by atoms with Gasteiger partial charge >= 0.3 is 0 Å². The Bertz CT molecular complexity index is 557. The van der Waals surface area contributed by atoms with Gasteiger partial charge < -0.3 is 10.6 Å². The molecule has 0 bridgehead atoms. The predicted molar refractivity (Wildman–Crippen MR) is 86.6 cm³/mol. The molecule has 2 rings (SSSR count). The Kier molecular flexibility index (Phi) is 5.22. The van der Waals surface area contributed by atoms with Gasteiger partial charge in [0.2, 0.25) is 5.95 Å². The average Bonchev–Trinajstić information content (AvgIpc) is 2.45. The molecule has 0 atom stereocenters. The highest BCUT2D eigenvalue weighted by molar-refractivity contribution is 14.1. The van der Waals surface area contributed by atoms with Crippen LogP contribution in [0.25, 0.3) is 0 Å². The van der Waals surface area contributed by atoms with Crippen molar-refractivity contribution in [3.63, 3.8) is 0 Å². The fourth-order valence-electron chi connectivity index (χ4n) is 1.69. The Balaban J connectivity index is 2.15. The van der Waals surface area contributed by atoms with Crippen LogP contribution in [0.1, 0.15) is 12.0 Å². The molecular formula is C13H15IN6. The van der Waals surface area contributed by atoms with Crippen LogP contribution in [-0.2, 0) is 6.54 Å². The van der Waals surface area contributed by atoms with Gasteiger partial charge in [-0.3, -0.25) is 10.4 Å². The summed E-state index contributed by atoms with van der Waals surface area (Å²) in [5.74, 6) is 0.794. The van der Waals surface area contributed by atoms with Crippen LogP contribution in [0.2, 0.25) is 0 Å². The van der Waals surface area contributed by atoms with Gasteiger partial charge in [0.1, 0.15) is 0 Å². The smallest absolute Gasteiger partial charge is 0.225 e. The quantitative estimate of drug-likeness (QED) is 0.452. The molecule has 0 saturated heterocycles. The van der Waals surface area contributed by atoms with E-state index in [9.17, 15) is 0 Å². The molecule has 0 amide bonds. The van der Waals surface area contributed by atoms with Gasteiger partial charge in [0.25, 0.3) is 0 Å². The highest BCUT2D eigenvalue weighted by Crippen LogP contribution is 2.13. The summed E-state index contributed by atoms with van der Waals surface area (Å²) in [4.78, 5) is 14.8. The van der Waals surface area contributed by atoms with E-state index in [2.05, 4.69) is 37.5 Å². The van der Waals surface area contributed by atoms with E-state index < -0.39 is 0 Å². The first-order valence-corrected chi connectivity index (χ1v) is 7.17. The number of aromatic nitrogens is 3. The summed E-state index contributed by atoms with van der Waals surface area (Å²) < 4.78 is 0.985. The molecule has 7 heteroatoms. The van der Waals surface area contributed by atoms with Crippen LogP contribution < -0.4 is 10.6 Å². The van der Waals surface area contributed by atoms with Crippen molar-refractivity contribution in [2.75, 3.05) is 11.4 Å². The molecule has 2 aromatic heterocycles. The number of amidine groups is 1. The Hall–Kier alpha value is -1.77. The van der Waals surface area contributed by atoms with E-state index in [1.54, 1.807) is 18.6 Å². The number of halogens is 1. The van der Waals surface area contributed by atoms with Crippen LogP contribution in [0.3, 0.4) is 0 Å². The largest absolute Gasteiger partial charge is 0.388 e. The van der Waals surface area contributed by atoms with Gasteiger partial charge in [-0.05, 0) is 34.2 Å². The molecule has 0 fully saturated rings. The van der Waals surface area contributed by atoms with Crippen LogP contribution in [-0.4, -0.2) is 27.3 Å². The zero-order valence-electron chi connectivity index (χ0n) is 10.8. The minimum Gasteiger partial charge on any atom is -0.388 e. The highest BCUT2D eigenvalue weighted by Gasteiger charge is 2.11. The minimum atomic E-state index is 0.159. The molecule has 6 nitrogen and oxygen atoms in total. The van der Waals surface area contributed by atoms with Crippen LogP contribution in [0.15, 0.2) is 36.9 Å². The molecule has 2 aromatic rings. The second kappa shape index (κ2) is 7.13. The van der Waals surface area contributed by atoms with Gasteiger partial charge in [0.05, 0.1) is 5.84 Å². The van der Waals surface area contributed by atoms with Crippen molar-refractivity contribution >= 4 is 34.4 Å². The third-order valence-corrected chi connectivity index (χ3v) is 3.19. The lowest BCUT2D eigenvalue weighted by Crippen LogP contribution is -2.29. The van der Waals surface area contributed by atoms with Crippen molar-refractivity contribution < 1.29 is 0 Å². The molecule has 0 spiro atoms. The summed E-state index contributed by atoms with van der Waals surface area (Å²) in [5, 5.41) is 7.36. The Morgan fingerprint density at radius 3 is 2.65 bits per heavy atom. The zero-order valence-corrected chi connectivity index (χ0v) is 13.0. The third kappa shape index (κ3) is 4.41. The van der Waals surface area contributed by atoms with Crippen LogP contribution in [0, 0.1) is 8.98 Å². The van der Waals surface area contributed by atoms with E-state index in [0.717, 1.165) is 9.13 Å². The second-order valence-corrected chi connectivity index (χ2v) is 5.50. The number of nitrogens with two attached hydrogens (primary N) is 1. The van der Waals surface area contributed by atoms with Crippen molar-refractivity contribution in [3.8, 4) is 0 Å². The SMILES string of the molecule is N=C(N)CCN(Cc1cccnc1)c1ncc(I)cn1. The average molecular weight is 382 g/mol. The van der Waals surface area contributed by atoms with Crippen LogP contribution >= 0.6 is 22.6 Å². The van der Waals surface area contributed by atoms with Gasteiger partial charge in [-0.2, -0.15) is 0 Å². The topological polar surface area (TPSA) is 91.8 Å². The van der Waals surface area contributed by atoms with Crippen molar-refractivity contribution in [2.24, 2.45) is 5.73 Å². The molecule has 0 aromatic carbocycles. The van der Waals surface area contributed by atoms with Crippen LogP contribution in [0.4, 0.5) is 5.95 Å². The van der Waals surface area contributed by atoms with E-state index in [0.29, 0.717) is 25.5 Å². The van der Waals surface area contributed by atoms with E-state index >= 15 is 0 Å². The van der Waals surface area contributed by atoms with Gasteiger partial charge in [0, 0.05) is 47.9 Å². The third-order valence-electron chi connectivity index (χ3n) is 2.64. The molecule has 104 valence electrons. The number of hydrogen-bond donors (Lipinski definition) is 2. The summed E-state index contributed by atoms with van der Waals surface area (Å²) in [7, 11) is 0. The Labute approximate surface area is 131 Å². The first kappa shape index (κ1) is 14.6. The summed E-state index contributed by atoms with van der Waals surface area (Å²) in [6.45, 7) is 1.24. The fraction of sp³-hybridized carbons (Fsp3) is 0.231. The molecule has 0 radical (unpaired) electrons. The predicted octanol–water partition coefficient (Wildman–Crippen LogP) is 1.81. The van der Waals surface area contributed by atoms with Gasteiger partial charge in [-0.25, -0.2) is 9.97 Å². The molecule has 0 aliphatic carbocycles. The minimum absolute atomic E-state index is 0.159. The van der Waals surface area contributed by atoms with Crippen molar-refractivity contribution in [3.05, 3.63) is 46.1 Å². The number of hydrogen-bond acceptors (Lipinski definition) is 5. The van der Waals surface area contributed by atoms with Crippen molar-refractivity contribution in [1.29, 1.82) is 5.41 Å². The fourth-order valence-corrected chi connectivity index (χ4v) is 1.96. The maximum absolute atomic E-state index is 7.36. The molecule has 0 aliphatic heterocycles. The molecule has 20 heavy (non-hydrogen) atoms. The maximum atomic E-state index is 7.36. The lowest BCUT2D eigenvalue weighted by molar-refractivity contribution is 0.764. The van der Waals surface area contributed by atoms with Crippen molar-refractivity contribution in [1.82, 2.24) is 15.0 Å². The molecule has 0 unspecified atom stereocenters. The molecule has 0 aliphatic rings. The summed E-state index contributed by atoms with van der Waals surface area (Å²) in [6, 6.07) is 3.90. The molecule has 3 N–H and O–H groups in total. The van der Waals surface area contributed by atoms with E-state index in [1.165, 1.54) is 0 Å². The Morgan fingerprint density at radius 2 is 2.05 bits per heavy atom. The van der Waals surface area contributed by atoms with Gasteiger partial charge in [0.15, 0.2) is 0 Å². The maximum Gasteiger partial charge on any atom is 0.225 e. The van der Waals surface area contributed by atoms with E-state index in [1.807, 2.05) is 23.2 Å². The lowest BCUT2D eigenvalue weighted by Gasteiger charge is -2.22. The van der Waals surface area contributed by atoms with E-state index in [4.69, 9.17) is 11.1 Å². The highest BCUT2D eigenvalue weighted by atomic mass is 127. The summed E-state index contributed by atoms with van der Waals surface area (Å²) in [5.41, 5.74) is 6.51. The number of nitrogens with zero attached hydrogens (tertiary/aromatic N) is 4. The molecule has 2 heterocycles.